The molecule has 0 saturated heterocycles. The molecule has 2 heterocycles. The maximum absolute atomic E-state index is 12.1. The molecule has 0 aliphatic rings. The highest BCUT2D eigenvalue weighted by Crippen LogP contribution is 2.20. The number of esters is 1. The number of hydrogen-bond donors (Lipinski definition) is 1. The van der Waals surface area contributed by atoms with Crippen molar-refractivity contribution in [3.05, 3.63) is 20.9 Å². The SMILES string of the molecule is COC(=O)CCCCCCCCCCCCCCCn1c(=O)[nH]c2nc(Cl)nc(Cl)c21. The van der Waals surface area contributed by atoms with Crippen LogP contribution in [-0.2, 0) is 16.1 Å². The van der Waals surface area contributed by atoms with Crippen molar-refractivity contribution >= 4 is 40.3 Å². The standard InChI is InChI=1S/C22H34Cl2N4O3/c1-31-17(29)15-13-11-9-7-5-3-2-4-6-8-10-12-14-16-28-18-19(23)25-21(24)26-20(18)27-22(28)30/h2-16H2,1H3,(H,25,26,27,30). The van der Waals surface area contributed by atoms with Crippen LogP contribution in [0.3, 0.4) is 0 Å². The molecule has 9 heteroatoms. The van der Waals surface area contributed by atoms with E-state index in [1.807, 2.05) is 0 Å². The molecule has 0 aliphatic heterocycles. The number of H-pyrrole nitrogens is 1. The van der Waals surface area contributed by atoms with Gasteiger partial charge in [-0.1, -0.05) is 82.2 Å². The van der Waals surface area contributed by atoms with Crippen molar-refractivity contribution in [1.29, 1.82) is 0 Å². The van der Waals surface area contributed by atoms with Crippen molar-refractivity contribution in [3.63, 3.8) is 0 Å². The summed E-state index contributed by atoms with van der Waals surface area (Å²) in [6, 6.07) is 0. The van der Waals surface area contributed by atoms with Crippen molar-refractivity contribution in [2.75, 3.05) is 7.11 Å². The van der Waals surface area contributed by atoms with Crippen molar-refractivity contribution in [1.82, 2.24) is 19.5 Å². The van der Waals surface area contributed by atoms with Gasteiger partial charge in [-0.2, -0.15) is 4.98 Å². The lowest BCUT2D eigenvalue weighted by Gasteiger charge is -2.05. The smallest absolute Gasteiger partial charge is 0.327 e. The summed E-state index contributed by atoms with van der Waals surface area (Å²) >= 11 is 11.9. The van der Waals surface area contributed by atoms with Crippen molar-refractivity contribution in [2.45, 2.75) is 96.4 Å². The summed E-state index contributed by atoms with van der Waals surface area (Å²) in [5.74, 6) is -0.101. The molecule has 7 nitrogen and oxygen atoms in total. The van der Waals surface area contributed by atoms with E-state index in [9.17, 15) is 9.59 Å². The summed E-state index contributed by atoms with van der Waals surface area (Å²) in [6.07, 6.45) is 15.9. The molecule has 2 rings (SSSR count). The number of unbranched alkanes of at least 4 members (excludes halogenated alkanes) is 12. The highest BCUT2D eigenvalue weighted by Gasteiger charge is 2.13. The van der Waals surface area contributed by atoms with Gasteiger partial charge in [-0.3, -0.25) is 14.3 Å². The number of carbonyl (C=O) groups excluding carboxylic acids is 1. The molecule has 0 aliphatic carbocycles. The van der Waals surface area contributed by atoms with Gasteiger partial charge in [0.15, 0.2) is 10.8 Å². The molecule has 0 spiro atoms. The Hall–Kier alpha value is -1.60. The van der Waals surface area contributed by atoms with E-state index in [0.717, 1.165) is 25.7 Å². The number of carbonyl (C=O) groups is 1. The van der Waals surface area contributed by atoms with Crippen LogP contribution in [0.2, 0.25) is 10.4 Å². The normalized spacial score (nSPS) is 11.3. The first-order chi connectivity index (χ1) is 15.0. The van der Waals surface area contributed by atoms with Gasteiger partial charge >= 0.3 is 11.7 Å². The number of nitrogens with one attached hydrogen (secondary N) is 1. The molecule has 0 aromatic carbocycles. The Bertz CT molecular complexity index is 866. The van der Waals surface area contributed by atoms with Crippen LogP contribution >= 0.6 is 23.2 Å². The number of aryl methyl sites for hydroxylation is 1. The third-order valence-corrected chi connectivity index (χ3v) is 5.98. The Morgan fingerprint density at radius 3 is 1.94 bits per heavy atom. The summed E-state index contributed by atoms with van der Waals surface area (Å²) in [6.45, 7) is 0.600. The molecular formula is C22H34Cl2N4O3. The van der Waals surface area contributed by atoms with Gasteiger partial charge in [0, 0.05) is 13.0 Å². The van der Waals surface area contributed by atoms with Crippen LogP contribution in [0.4, 0.5) is 0 Å². The third-order valence-electron chi connectivity index (χ3n) is 5.54. The van der Waals surface area contributed by atoms with E-state index in [0.29, 0.717) is 24.1 Å². The molecule has 0 amide bonds. The molecule has 31 heavy (non-hydrogen) atoms. The number of halogens is 2. The number of aromatic nitrogens is 4. The molecule has 2 aromatic heterocycles. The third kappa shape index (κ3) is 9.19. The minimum atomic E-state index is -0.225. The zero-order valence-electron chi connectivity index (χ0n) is 18.4. The second-order valence-corrected chi connectivity index (χ2v) is 8.68. The average molecular weight is 473 g/mol. The first-order valence-corrected chi connectivity index (χ1v) is 12.2. The molecule has 2 aromatic rings. The zero-order chi connectivity index (χ0) is 22.5. The molecule has 174 valence electrons. The predicted octanol–water partition coefficient (Wildman–Crippen LogP) is 6.06. The number of methoxy groups -OCH3 is 1. The summed E-state index contributed by atoms with van der Waals surface area (Å²) in [5, 5.41) is 0.232. The number of nitrogens with zero attached hydrogens (tertiary/aromatic N) is 3. The molecule has 0 fully saturated rings. The molecule has 0 radical (unpaired) electrons. The molecule has 0 saturated carbocycles. The fraction of sp³-hybridized carbons (Fsp3) is 0.727. The van der Waals surface area contributed by atoms with Gasteiger partial charge in [0.25, 0.3) is 0 Å². The van der Waals surface area contributed by atoms with Gasteiger partial charge in [0.05, 0.1) is 7.11 Å². The van der Waals surface area contributed by atoms with Gasteiger partial charge in [0.1, 0.15) is 5.52 Å². The van der Waals surface area contributed by atoms with E-state index in [1.54, 1.807) is 4.57 Å². The van der Waals surface area contributed by atoms with Gasteiger partial charge in [-0.15, -0.1) is 0 Å². The fourth-order valence-electron chi connectivity index (χ4n) is 3.80. The first-order valence-electron chi connectivity index (χ1n) is 11.4. The number of ether oxygens (including phenoxy) is 1. The average Bonchev–Trinajstić information content (AvgIpc) is 3.05. The van der Waals surface area contributed by atoms with E-state index < -0.39 is 0 Å². The van der Waals surface area contributed by atoms with Crippen LogP contribution in [0.1, 0.15) is 89.9 Å². The highest BCUT2D eigenvalue weighted by atomic mass is 35.5. The van der Waals surface area contributed by atoms with E-state index in [-0.39, 0.29) is 22.1 Å². The Labute approximate surface area is 193 Å². The summed E-state index contributed by atoms with van der Waals surface area (Å²) in [5.41, 5.74) is 0.688. The highest BCUT2D eigenvalue weighted by molar-refractivity contribution is 6.35. The van der Waals surface area contributed by atoms with Crippen LogP contribution in [0, 0.1) is 0 Å². The maximum Gasteiger partial charge on any atom is 0.327 e. The number of aromatic amines is 1. The Morgan fingerprint density at radius 1 is 0.871 bits per heavy atom. The molecule has 0 atom stereocenters. The fourth-order valence-corrected chi connectivity index (χ4v) is 4.28. The second kappa shape index (κ2) is 14.5. The Kier molecular flexibility index (Phi) is 12.0. The lowest BCUT2D eigenvalue weighted by Crippen LogP contribution is -2.16. The minimum absolute atomic E-state index is 0.0292. The van der Waals surface area contributed by atoms with E-state index >= 15 is 0 Å². The Morgan fingerprint density at radius 2 is 1.39 bits per heavy atom. The zero-order valence-corrected chi connectivity index (χ0v) is 19.9. The monoisotopic (exact) mass is 472 g/mol. The largest absolute Gasteiger partial charge is 0.469 e. The second-order valence-electron chi connectivity index (χ2n) is 7.98. The lowest BCUT2D eigenvalue weighted by molar-refractivity contribution is -0.140. The summed E-state index contributed by atoms with van der Waals surface area (Å²) < 4.78 is 6.24. The molecule has 0 unspecified atom stereocenters. The minimum Gasteiger partial charge on any atom is -0.469 e. The summed E-state index contributed by atoms with van der Waals surface area (Å²) in [7, 11) is 1.44. The van der Waals surface area contributed by atoms with Crippen LogP contribution in [-0.4, -0.2) is 32.6 Å². The van der Waals surface area contributed by atoms with Crippen LogP contribution in [0.5, 0.6) is 0 Å². The van der Waals surface area contributed by atoms with Crippen LogP contribution in [0.25, 0.3) is 11.2 Å². The molecule has 1 N–H and O–H groups in total. The van der Waals surface area contributed by atoms with E-state index in [1.165, 1.54) is 64.9 Å². The van der Waals surface area contributed by atoms with E-state index in [4.69, 9.17) is 23.2 Å². The predicted molar refractivity (Wildman–Crippen MR) is 125 cm³/mol. The molecule has 0 bridgehead atoms. The van der Waals surface area contributed by atoms with Gasteiger partial charge in [0.2, 0.25) is 5.28 Å². The summed E-state index contributed by atoms with van der Waals surface area (Å²) in [4.78, 5) is 33.8. The van der Waals surface area contributed by atoms with Gasteiger partial charge in [-0.05, 0) is 24.4 Å². The number of imidazole rings is 1. The van der Waals surface area contributed by atoms with Gasteiger partial charge < -0.3 is 4.74 Å². The van der Waals surface area contributed by atoms with Crippen LogP contribution in [0.15, 0.2) is 4.79 Å². The maximum atomic E-state index is 12.1. The quantitative estimate of drug-likeness (QED) is 0.139. The van der Waals surface area contributed by atoms with Crippen molar-refractivity contribution in [2.24, 2.45) is 0 Å². The topological polar surface area (TPSA) is 89.9 Å². The number of rotatable bonds is 16. The number of fused-ring (bicyclic) bond motifs is 1. The number of hydrogen-bond acceptors (Lipinski definition) is 5. The first kappa shape index (κ1) is 25.7. The van der Waals surface area contributed by atoms with Crippen molar-refractivity contribution in [3.8, 4) is 0 Å². The van der Waals surface area contributed by atoms with Crippen LogP contribution < -0.4 is 5.69 Å². The lowest BCUT2D eigenvalue weighted by atomic mass is 10.0. The molecular weight excluding hydrogens is 439 g/mol. The Balaban J connectivity index is 1.45. The van der Waals surface area contributed by atoms with Gasteiger partial charge in [-0.25, -0.2) is 9.78 Å². The van der Waals surface area contributed by atoms with E-state index in [2.05, 4.69) is 19.7 Å². The van der Waals surface area contributed by atoms with Crippen molar-refractivity contribution < 1.29 is 9.53 Å².